The van der Waals surface area contributed by atoms with Gasteiger partial charge >= 0.3 is 0 Å². The molecule has 1 atom stereocenters. The summed E-state index contributed by atoms with van der Waals surface area (Å²) < 4.78 is 0. The quantitative estimate of drug-likeness (QED) is 0.579. The zero-order valence-corrected chi connectivity index (χ0v) is 9.96. The summed E-state index contributed by atoms with van der Waals surface area (Å²) in [6.07, 6.45) is 4.53. The molecule has 0 fully saturated rings. The van der Waals surface area contributed by atoms with Crippen molar-refractivity contribution in [3.8, 4) is 11.8 Å². The first kappa shape index (κ1) is 12.7. The van der Waals surface area contributed by atoms with Crippen LogP contribution in [0.3, 0.4) is 0 Å². The topological polar surface area (TPSA) is 50.9 Å². The van der Waals surface area contributed by atoms with Crippen molar-refractivity contribution in [2.75, 3.05) is 13.1 Å². The van der Waals surface area contributed by atoms with Crippen LogP contribution in [0.4, 0.5) is 0 Å². The van der Waals surface area contributed by atoms with E-state index in [0.717, 1.165) is 13.0 Å². The van der Waals surface area contributed by atoms with Crippen molar-refractivity contribution < 1.29 is 0 Å². The summed E-state index contributed by atoms with van der Waals surface area (Å²) in [5, 5.41) is 3.39. The molecule has 0 saturated heterocycles. The van der Waals surface area contributed by atoms with Crippen LogP contribution in [0.1, 0.15) is 30.5 Å². The third kappa shape index (κ3) is 3.65. The number of aryl methyl sites for hydroxylation is 1. The predicted molar refractivity (Wildman–Crippen MR) is 66.8 cm³/mol. The largest absolute Gasteiger partial charge is 0.329 e. The SMILES string of the molecule is CC#CCCNC(CN)c1cnccc1C. The molecule has 3 N–H and O–H groups in total. The molecule has 1 unspecified atom stereocenters. The maximum absolute atomic E-state index is 5.76. The van der Waals surface area contributed by atoms with Crippen molar-refractivity contribution in [1.29, 1.82) is 0 Å². The van der Waals surface area contributed by atoms with Gasteiger partial charge in [0, 0.05) is 37.9 Å². The summed E-state index contributed by atoms with van der Waals surface area (Å²) in [5.41, 5.74) is 8.16. The maximum Gasteiger partial charge on any atom is 0.0462 e. The van der Waals surface area contributed by atoms with Gasteiger partial charge in [-0.05, 0) is 31.0 Å². The van der Waals surface area contributed by atoms with Gasteiger partial charge in [-0.25, -0.2) is 0 Å². The monoisotopic (exact) mass is 217 g/mol. The highest BCUT2D eigenvalue weighted by Gasteiger charge is 2.10. The fraction of sp³-hybridized carbons (Fsp3) is 0.462. The summed E-state index contributed by atoms with van der Waals surface area (Å²) in [5.74, 6) is 5.90. The predicted octanol–water partition coefficient (Wildman–Crippen LogP) is 1.39. The molecular formula is C13H19N3. The van der Waals surface area contributed by atoms with Crippen molar-refractivity contribution in [2.24, 2.45) is 5.73 Å². The standard InChI is InChI=1S/C13H19N3/c1-3-4-5-7-16-13(9-14)12-10-15-8-6-11(12)2/h6,8,10,13,16H,5,7,9,14H2,1-2H3. The minimum atomic E-state index is 0.173. The molecule has 16 heavy (non-hydrogen) atoms. The minimum Gasteiger partial charge on any atom is -0.329 e. The molecule has 0 aliphatic carbocycles. The Bertz CT molecular complexity index is 376. The van der Waals surface area contributed by atoms with Gasteiger partial charge in [-0.15, -0.1) is 11.8 Å². The Labute approximate surface area is 97.5 Å². The van der Waals surface area contributed by atoms with E-state index in [1.807, 2.05) is 19.2 Å². The molecule has 1 aromatic heterocycles. The van der Waals surface area contributed by atoms with E-state index in [4.69, 9.17) is 5.73 Å². The first-order valence-corrected chi connectivity index (χ1v) is 5.53. The molecule has 1 rings (SSSR count). The lowest BCUT2D eigenvalue weighted by Gasteiger charge is -2.18. The second-order valence-corrected chi connectivity index (χ2v) is 3.65. The fourth-order valence-corrected chi connectivity index (χ4v) is 1.60. The molecule has 0 saturated carbocycles. The third-order valence-electron chi connectivity index (χ3n) is 2.51. The highest BCUT2D eigenvalue weighted by molar-refractivity contribution is 5.25. The van der Waals surface area contributed by atoms with Crippen molar-refractivity contribution in [3.63, 3.8) is 0 Å². The van der Waals surface area contributed by atoms with Gasteiger partial charge in [-0.1, -0.05) is 0 Å². The molecule has 86 valence electrons. The van der Waals surface area contributed by atoms with Crippen LogP contribution in [0.15, 0.2) is 18.5 Å². The third-order valence-corrected chi connectivity index (χ3v) is 2.51. The molecule has 0 aliphatic heterocycles. The summed E-state index contributed by atoms with van der Waals surface area (Å²) in [6, 6.07) is 2.18. The van der Waals surface area contributed by atoms with E-state index in [-0.39, 0.29) is 6.04 Å². The van der Waals surface area contributed by atoms with Crippen LogP contribution in [0.2, 0.25) is 0 Å². The zero-order chi connectivity index (χ0) is 11.8. The summed E-state index contributed by atoms with van der Waals surface area (Å²) in [7, 11) is 0. The van der Waals surface area contributed by atoms with Gasteiger partial charge in [0.05, 0.1) is 0 Å². The van der Waals surface area contributed by atoms with E-state index in [2.05, 4.69) is 29.1 Å². The fourth-order valence-electron chi connectivity index (χ4n) is 1.60. The first-order chi connectivity index (χ1) is 7.79. The number of nitrogens with two attached hydrogens (primary N) is 1. The molecule has 0 radical (unpaired) electrons. The number of hydrogen-bond donors (Lipinski definition) is 2. The molecule has 3 heteroatoms. The summed E-state index contributed by atoms with van der Waals surface area (Å²) >= 11 is 0. The highest BCUT2D eigenvalue weighted by Crippen LogP contribution is 2.14. The number of nitrogens with one attached hydrogen (secondary N) is 1. The van der Waals surface area contributed by atoms with Crippen molar-refractivity contribution in [3.05, 3.63) is 29.6 Å². The van der Waals surface area contributed by atoms with Crippen LogP contribution in [0.25, 0.3) is 0 Å². The van der Waals surface area contributed by atoms with Crippen molar-refractivity contribution >= 4 is 0 Å². The molecule has 1 heterocycles. The maximum atomic E-state index is 5.76. The molecule has 3 nitrogen and oxygen atoms in total. The van der Waals surface area contributed by atoms with Crippen LogP contribution < -0.4 is 11.1 Å². The zero-order valence-electron chi connectivity index (χ0n) is 9.96. The Morgan fingerprint density at radius 1 is 1.56 bits per heavy atom. The normalized spacial score (nSPS) is 11.7. The Morgan fingerprint density at radius 2 is 2.38 bits per heavy atom. The molecular weight excluding hydrogens is 198 g/mol. The lowest BCUT2D eigenvalue weighted by atomic mass is 10.0. The number of nitrogens with zero attached hydrogens (tertiary/aromatic N) is 1. The van der Waals surface area contributed by atoms with Gasteiger partial charge in [-0.2, -0.15) is 0 Å². The Hall–Kier alpha value is -1.37. The van der Waals surface area contributed by atoms with E-state index < -0.39 is 0 Å². The molecule has 0 amide bonds. The van der Waals surface area contributed by atoms with Gasteiger partial charge in [-0.3, -0.25) is 4.98 Å². The van der Waals surface area contributed by atoms with E-state index in [0.29, 0.717) is 6.54 Å². The van der Waals surface area contributed by atoms with Crippen molar-refractivity contribution in [1.82, 2.24) is 10.3 Å². The van der Waals surface area contributed by atoms with Crippen LogP contribution in [-0.4, -0.2) is 18.1 Å². The minimum absolute atomic E-state index is 0.173. The summed E-state index contributed by atoms with van der Waals surface area (Å²) in [4.78, 5) is 4.14. The Balaban J connectivity index is 2.59. The molecule has 0 aromatic carbocycles. The van der Waals surface area contributed by atoms with Gasteiger partial charge < -0.3 is 11.1 Å². The van der Waals surface area contributed by atoms with Gasteiger partial charge in [0.1, 0.15) is 0 Å². The molecule has 1 aromatic rings. The Kier molecular flexibility index (Phi) is 5.55. The average molecular weight is 217 g/mol. The van der Waals surface area contributed by atoms with E-state index in [1.54, 1.807) is 6.20 Å². The number of pyridine rings is 1. The average Bonchev–Trinajstić information content (AvgIpc) is 2.31. The van der Waals surface area contributed by atoms with Crippen LogP contribution in [0, 0.1) is 18.8 Å². The van der Waals surface area contributed by atoms with Gasteiger partial charge in [0.15, 0.2) is 0 Å². The molecule has 0 spiro atoms. The van der Waals surface area contributed by atoms with Crippen LogP contribution in [-0.2, 0) is 0 Å². The highest BCUT2D eigenvalue weighted by atomic mass is 14.9. The van der Waals surface area contributed by atoms with E-state index >= 15 is 0 Å². The molecule has 0 bridgehead atoms. The van der Waals surface area contributed by atoms with Crippen LogP contribution >= 0.6 is 0 Å². The van der Waals surface area contributed by atoms with E-state index in [9.17, 15) is 0 Å². The first-order valence-electron chi connectivity index (χ1n) is 5.53. The number of aromatic nitrogens is 1. The number of hydrogen-bond acceptors (Lipinski definition) is 3. The van der Waals surface area contributed by atoms with E-state index in [1.165, 1.54) is 11.1 Å². The van der Waals surface area contributed by atoms with Crippen molar-refractivity contribution in [2.45, 2.75) is 26.3 Å². The Morgan fingerprint density at radius 3 is 3.00 bits per heavy atom. The lowest BCUT2D eigenvalue weighted by molar-refractivity contribution is 0.547. The molecule has 0 aliphatic rings. The second kappa shape index (κ2) is 7.00. The van der Waals surface area contributed by atoms with Crippen LogP contribution in [0.5, 0.6) is 0 Å². The summed E-state index contributed by atoms with van der Waals surface area (Å²) in [6.45, 7) is 5.36. The number of rotatable bonds is 5. The van der Waals surface area contributed by atoms with Gasteiger partial charge in [0.2, 0.25) is 0 Å². The second-order valence-electron chi connectivity index (χ2n) is 3.65. The van der Waals surface area contributed by atoms with Gasteiger partial charge in [0.25, 0.3) is 0 Å². The smallest absolute Gasteiger partial charge is 0.0462 e. The lowest BCUT2D eigenvalue weighted by Crippen LogP contribution is -2.29.